The first-order valence-corrected chi connectivity index (χ1v) is 2.94. The van der Waals surface area contributed by atoms with Crippen LogP contribution in [0.5, 0.6) is 0 Å². The Morgan fingerprint density at radius 2 is 1.25 bits per heavy atom. The number of hydrogen-bond donors (Lipinski definition) is 0. The molecular weight excluding hydrogens is 117 g/mol. The van der Waals surface area contributed by atoms with Gasteiger partial charge < -0.3 is 4.48 Å². The lowest BCUT2D eigenvalue weighted by molar-refractivity contribution is -0.886. The number of quaternary nitrogens is 1. The zero-order valence-electron chi connectivity index (χ0n) is 6.57. The van der Waals surface area contributed by atoms with Gasteiger partial charge in [0.15, 0.2) is 0 Å². The predicted octanol–water partition coefficient (Wildman–Crippen LogP) is 1.16. The monoisotopic (exact) mass is 136 g/mol. The topological polar surface area (TPSA) is 0 Å². The Labute approximate surface area is 56.3 Å². The van der Waals surface area contributed by atoms with Crippen molar-refractivity contribution in [1.82, 2.24) is 0 Å². The van der Waals surface area contributed by atoms with Crippen LogP contribution in [-0.4, -0.2) is 31.7 Å². The molecule has 0 amide bonds. The summed E-state index contributed by atoms with van der Waals surface area (Å²) in [6, 6.07) is 0. The Kier molecular flexibility index (Phi) is 6.01. The molecule has 0 radical (unpaired) electrons. The van der Waals surface area contributed by atoms with Crippen molar-refractivity contribution in [1.29, 1.82) is 0 Å². The van der Waals surface area contributed by atoms with E-state index in [0.29, 0.717) is 0 Å². The normalized spacial score (nSPS) is 10.5. The average Bonchev–Trinajstić information content (AvgIpc) is 1.68. The Hall–Kier alpha value is 0.390. The lowest BCUT2D eigenvalue weighted by atomic mass is 10.5. The summed E-state index contributed by atoms with van der Waals surface area (Å²) in [7, 11) is 4.47. The highest BCUT2D eigenvalue weighted by atomic mass is 31.0. The van der Waals surface area contributed by atoms with Crippen LogP contribution in [0.25, 0.3) is 0 Å². The van der Waals surface area contributed by atoms with E-state index in [0.717, 1.165) is 4.48 Å². The summed E-state index contributed by atoms with van der Waals surface area (Å²) in [5, 5.41) is 0. The fourth-order valence-corrected chi connectivity index (χ4v) is 0.224. The van der Waals surface area contributed by atoms with Gasteiger partial charge in [0.05, 0.1) is 27.2 Å². The maximum absolute atomic E-state index is 2.24. The van der Waals surface area contributed by atoms with E-state index < -0.39 is 0 Å². The van der Waals surface area contributed by atoms with Gasteiger partial charge in [0.1, 0.15) is 0 Å². The number of rotatable bonds is 2. The zero-order chi connectivity index (χ0) is 5.91. The van der Waals surface area contributed by atoms with Crippen molar-refractivity contribution in [3.05, 3.63) is 0 Å². The van der Waals surface area contributed by atoms with Gasteiger partial charge in [0, 0.05) is 0 Å². The molecule has 0 aliphatic rings. The second-order valence-electron chi connectivity index (χ2n) is 2.57. The molecule has 0 aromatic rings. The molecule has 8 heavy (non-hydrogen) atoms. The van der Waals surface area contributed by atoms with Gasteiger partial charge in [-0.1, -0.05) is 0 Å². The predicted molar refractivity (Wildman–Crippen MR) is 44.3 cm³/mol. The van der Waals surface area contributed by atoms with E-state index in [1.165, 1.54) is 13.1 Å². The number of nitrogens with zero attached hydrogens (tertiary/aromatic N) is 1. The summed E-state index contributed by atoms with van der Waals surface area (Å²) >= 11 is 0. The zero-order valence-corrected chi connectivity index (χ0v) is 7.98. The third-order valence-corrected chi connectivity index (χ3v) is 1.71. The first-order valence-electron chi connectivity index (χ1n) is 2.94. The van der Waals surface area contributed by atoms with Crippen LogP contribution in [0.1, 0.15) is 13.8 Å². The van der Waals surface area contributed by atoms with E-state index >= 15 is 0 Å². The van der Waals surface area contributed by atoms with Crippen molar-refractivity contribution < 1.29 is 4.48 Å². The maximum Gasteiger partial charge on any atom is 0.0753 e. The highest BCUT2D eigenvalue weighted by molar-refractivity contribution is 6.92. The van der Waals surface area contributed by atoms with Crippen molar-refractivity contribution in [2.75, 3.05) is 27.2 Å². The summed E-state index contributed by atoms with van der Waals surface area (Å²) in [5.41, 5.74) is 0. The van der Waals surface area contributed by atoms with Crippen LogP contribution in [0.3, 0.4) is 0 Å². The largest absolute Gasteiger partial charge is 0.329 e. The Balaban J connectivity index is 0. The summed E-state index contributed by atoms with van der Waals surface area (Å²) in [6.45, 7) is 6.89. The highest BCUT2D eigenvalue weighted by Gasteiger charge is 2.04. The van der Waals surface area contributed by atoms with Gasteiger partial charge >= 0.3 is 0 Å². The van der Waals surface area contributed by atoms with Gasteiger partial charge in [-0.2, -0.15) is 9.90 Å². The molecule has 52 valence electrons. The summed E-state index contributed by atoms with van der Waals surface area (Å²) < 4.78 is 1.14. The molecule has 0 heterocycles. The lowest BCUT2D eigenvalue weighted by Crippen LogP contribution is -2.38. The van der Waals surface area contributed by atoms with Crippen LogP contribution in [-0.2, 0) is 0 Å². The van der Waals surface area contributed by atoms with Gasteiger partial charge in [-0.3, -0.25) is 0 Å². The highest BCUT2D eigenvalue weighted by Crippen LogP contribution is 1.91. The van der Waals surface area contributed by atoms with Gasteiger partial charge in [-0.15, -0.1) is 0 Å². The van der Waals surface area contributed by atoms with Crippen LogP contribution in [0, 0.1) is 0 Å². The maximum atomic E-state index is 2.24. The van der Waals surface area contributed by atoms with E-state index in [4.69, 9.17) is 0 Å². The molecule has 1 atom stereocenters. The number of hydrogen-bond acceptors (Lipinski definition) is 0. The SMILES string of the molecule is CC[N+](C)(C)CC.P. The van der Waals surface area contributed by atoms with Crippen molar-refractivity contribution in [2.45, 2.75) is 13.8 Å². The van der Waals surface area contributed by atoms with Crippen LogP contribution < -0.4 is 0 Å². The molecule has 0 saturated carbocycles. The van der Waals surface area contributed by atoms with E-state index in [2.05, 4.69) is 27.9 Å². The lowest BCUT2D eigenvalue weighted by Gasteiger charge is -2.25. The molecule has 0 rings (SSSR count). The Morgan fingerprint density at radius 1 is 1.00 bits per heavy atom. The van der Waals surface area contributed by atoms with Gasteiger partial charge in [0.2, 0.25) is 0 Å². The van der Waals surface area contributed by atoms with Crippen LogP contribution in [0.2, 0.25) is 0 Å². The fraction of sp³-hybridized carbons (Fsp3) is 1.00. The van der Waals surface area contributed by atoms with Crippen molar-refractivity contribution in [3.63, 3.8) is 0 Å². The van der Waals surface area contributed by atoms with Crippen LogP contribution >= 0.6 is 9.90 Å². The Bertz CT molecular complexity index is 46.5. The van der Waals surface area contributed by atoms with Gasteiger partial charge in [0.25, 0.3) is 0 Å². The second kappa shape index (κ2) is 4.29. The van der Waals surface area contributed by atoms with E-state index in [1.54, 1.807) is 0 Å². The molecule has 0 aromatic heterocycles. The van der Waals surface area contributed by atoms with E-state index in [-0.39, 0.29) is 9.90 Å². The standard InChI is InChI=1S/C6H16N.H3P/c1-5-7(3,4)6-2;/h5-6H2,1-4H3;1H3/q+1;. The molecule has 0 aliphatic carbocycles. The smallest absolute Gasteiger partial charge is 0.0753 e. The average molecular weight is 136 g/mol. The van der Waals surface area contributed by atoms with Crippen LogP contribution in [0.4, 0.5) is 0 Å². The van der Waals surface area contributed by atoms with E-state index in [9.17, 15) is 0 Å². The summed E-state index contributed by atoms with van der Waals surface area (Å²) in [4.78, 5) is 0. The molecular formula is C6H19NP+. The quantitative estimate of drug-likeness (QED) is 0.395. The summed E-state index contributed by atoms with van der Waals surface area (Å²) in [6.07, 6.45) is 0. The minimum atomic E-state index is 0. The first-order chi connectivity index (χ1) is 3.12. The molecule has 0 spiro atoms. The molecule has 0 fully saturated rings. The minimum Gasteiger partial charge on any atom is -0.329 e. The first kappa shape index (κ1) is 11.2. The molecule has 1 nitrogen and oxygen atoms in total. The molecule has 0 saturated heterocycles. The van der Waals surface area contributed by atoms with E-state index in [1.807, 2.05) is 0 Å². The summed E-state index contributed by atoms with van der Waals surface area (Å²) in [5.74, 6) is 0. The van der Waals surface area contributed by atoms with Crippen molar-refractivity contribution in [2.24, 2.45) is 0 Å². The molecule has 0 aromatic carbocycles. The molecule has 1 unspecified atom stereocenters. The molecule has 0 N–H and O–H groups in total. The second-order valence-corrected chi connectivity index (χ2v) is 2.57. The third-order valence-electron chi connectivity index (χ3n) is 1.71. The van der Waals surface area contributed by atoms with Crippen LogP contribution in [0.15, 0.2) is 0 Å². The van der Waals surface area contributed by atoms with Crippen molar-refractivity contribution >= 4 is 9.90 Å². The molecule has 0 bridgehead atoms. The molecule has 0 aliphatic heterocycles. The third kappa shape index (κ3) is 4.55. The van der Waals surface area contributed by atoms with Crippen molar-refractivity contribution in [3.8, 4) is 0 Å². The fourth-order valence-electron chi connectivity index (χ4n) is 0.224. The Morgan fingerprint density at radius 3 is 1.25 bits per heavy atom. The minimum absolute atomic E-state index is 0. The molecule has 2 heteroatoms. The van der Waals surface area contributed by atoms with Gasteiger partial charge in [-0.25, -0.2) is 0 Å². The van der Waals surface area contributed by atoms with Gasteiger partial charge in [-0.05, 0) is 13.8 Å².